The number of benzene rings is 1. The number of rotatable bonds is 5. The van der Waals surface area contributed by atoms with E-state index in [2.05, 4.69) is 5.32 Å². The van der Waals surface area contributed by atoms with E-state index in [0.717, 1.165) is 42.5 Å². The molecule has 2 aliphatic carbocycles. The van der Waals surface area contributed by atoms with Gasteiger partial charge in [-0.05, 0) is 49.5 Å². The second-order valence-electron chi connectivity index (χ2n) is 7.70. The number of nitrogens with one attached hydrogen (secondary N) is 1. The van der Waals surface area contributed by atoms with Crippen LogP contribution in [0.1, 0.15) is 41.7 Å². The molecular formula is C23H25ClN2O4. The fourth-order valence-electron chi connectivity index (χ4n) is 4.63. The van der Waals surface area contributed by atoms with E-state index >= 15 is 0 Å². The van der Waals surface area contributed by atoms with Crippen LogP contribution >= 0.6 is 11.6 Å². The normalized spacial score (nSPS) is 18.4. The lowest BCUT2D eigenvalue weighted by Crippen LogP contribution is -2.30. The number of halogens is 1. The molecule has 0 radical (unpaired) electrons. The van der Waals surface area contributed by atoms with Crippen LogP contribution in [0.5, 0.6) is 0 Å². The average Bonchev–Trinajstić information content (AvgIpc) is 3.30. The number of carbonyl (C=O) groups excluding carboxylic acids is 2. The van der Waals surface area contributed by atoms with Crippen LogP contribution in [0.15, 0.2) is 41.0 Å². The number of hydrogen-bond acceptors (Lipinski definition) is 5. The molecule has 0 saturated heterocycles. The highest BCUT2D eigenvalue weighted by Gasteiger charge is 2.30. The zero-order valence-corrected chi connectivity index (χ0v) is 18.1. The minimum absolute atomic E-state index is 0.124. The van der Waals surface area contributed by atoms with Gasteiger partial charge in [-0.25, -0.2) is 9.59 Å². The summed E-state index contributed by atoms with van der Waals surface area (Å²) in [6.07, 6.45) is 5.59. The summed E-state index contributed by atoms with van der Waals surface area (Å²) in [7, 11) is 4.72. The van der Waals surface area contributed by atoms with Crippen LogP contribution < -0.4 is 5.32 Å². The molecule has 1 atom stereocenters. The quantitative estimate of drug-likeness (QED) is 0.727. The summed E-state index contributed by atoms with van der Waals surface area (Å²) in [4.78, 5) is 24.6. The molecular weight excluding hydrogens is 404 g/mol. The van der Waals surface area contributed by atoms with E-state index in [0.29, 0.717) is 22.5 Å². The summed E-state index contributed by atoms with van der Waals surface area (Å²) in [5.74, 6) is -0.661. The smallest absolute Gasteiger partial charge is 0.340 e. The lowest BCUT2D eigenvalue weighted by atomic mass is 9.93. The van der Waals surface area contributed by atoms with Crippen molar-refractivity contribution in [3.05, 3.63) is 57.3 Å². The number of ether oxygens (including phenoxy) is 2. The van der Waals surface area contributed by atoms with E-state index in [1.54, 1.807) is 6.07 Å². The molecule has 2 aromatic rings. The molecule has 1 aromatic carbocycles. The van der Waals surface area contributed by atoms with Crippen LogP contribution in [0.2, 0.25) is 5.02 Å². The Kier molecular flexibility index (Phi) is 5.71. The number of methoxy groups -OCH3 is 2. The standard InChI is InChI=1S/C23H25ClN2O4/c1-26-18-6-4-5-16(24)20(18)21(23(28)30-3)19(26)12-25-17-10-9-13-7-8-14(11-15(13)17)22(27)29-2/h4-6,11,17,25H,7-10,12H2,1-3H3. The molecule has 0 fully saturated rings. The molecule has 7 heteroatoms. The molecule has 6 nitrogen and oxygen atoms in total. The molecule has 0 spiro atoms. The maximum Gasteiger partial charge on any atom is 0.340 e. The summed E-state index contributed by atoms with van der Waals surface area (Å²) in [5, 5.41) is 4.83. The van der Waals surface area contributed by atoms with Gasteiger partial charge in [0.15, 0.2) is 0 Å². The van der Waals surface area contributed by atoms with Crippen molar-refractivity contribution in [3.8, 4) is 0 Å². The monoisotopic (exact) mass is 428 g/mol. The second-order valence-corrected chi connectivity index (χ2v) is 8.11. The SMILES string of the molecule is COC(=O)C1=CC2=C(CC1)CCC2NCc1c(C(=O)OC)c2c(Cl)cccc2n1C. The van der Waals surface area contributed by atoms with Gasteiger partial charge >= 0.3 is 11.9 Å². The van der Waals surface area contributed by atoms with Crippen molar-refractivity contribution < 1.29 is 19.1 Å². The highest BCUT2D eigenvalue weighted by Crippen LogP contribution is 2.37. The number of aryl methyl sites for hydroxylation is 1. The second kappa shape index (κ2) is 8.28. The van der Waals surface area contributed by atoms with Crippen molar-refractivity contribution in [1.29, 1.82) is 0 Å². The minimum atomic E-state index is -0.401. The fourth-order valence-corrected chi connectivity index (χ4v) is 4.90. The predicted octanol–water partition coefficient (Wildman–Crippen LogP) is 4.06. The van der Waals surface area contributed by atoms with Crippen molar-refractivity contribution in [2.75, 3.05) is 14.2 Å². The van der Waals surface area contributed by atoms with E-state index in [4.69, 9.17) is 21.1 Å². The number of hydrogen-bond donors (Lipinski definition) is 1. The molecule has 0 saturated carbocycles. The minimum Gasteiger partial charge on any atom is -0.466 e. The molecule has 158 valence electrons. The molecule has 2 aliphatic rings. The molecule has 0 amide bonds. The number of esters is 2. The van der Waals surface area contributed by atoms with Crippen LogP contribution in [0.25, 0.3) is 10.9 Å². The molecule has 30 heavy (non-hydrogen) atoms. The van der Waals surface area contributed by atoms with Crippen molar-refractivity contribution >= 4 is 34.4 Å². The van der Waals surface area contributed by atoms with E-state index in [1.807, 2.05) is 29.8 Å². The Morgan fingerprint density at radius 1 is 1.17 bits per heavy atom. The first-order valence-corrected chi connectivity index (χ1v) is 10.4. The number of nitrogens with zero attached hydrogens (tertiary/aromatic N) is 1. The molecule has 1 N–H and O–H groups in total. The highest BCUT2D eigenvalue weighted by atomic mass is 35.5. The molecule has 1 aromatic heterocycles. The summed E-state index contributed by atoms with van der Waals surface area (Å²) < 4.78 is 11.9. The van der Waals surface area contributed by atoms with Crippen LogP contribution in [0, 0.1) is 0 Å². The van der Waals surface area contributed by atoms with Gasteiger partial charge in [0, 0.05) is 36.3 Å². The molecule has 0 aliphatic heterocycles. The Balaban J connectivity index is 1.65. The third-order valence-electron chi connectivity index (χ3n) is 6.19. The lowest BCUT2D eigenvalue weighted by molar-refractivity contribution is -0.136. The van der Waals surface area contributed by atoms with E-state index < -0.39 is 5.97 Å². The van der Waals surface area contributed by atoms with Gasteiger partial charge in [0.2, 0.25) is 0 Å². The van der Waals surface area contributed by atoms with Crippen LogP contribution in [0.3, 0.4) is 0 Å². The van der Waals surface area contributed by atoms with Gasteiger partial charge in [-0.1, -0.05) is 23.2 Å². The van der Waals surface area contributed by atoms with Crippen molar-refractivity contribution in [1.82, 2.24) is 9.88 Å². The predicted molar refractivity (Wildman–Crippen MR) is 115 cm³/mol. The summed E-state index contributed by atoms with van der Waals surface area (Å²) in [6, 6.07) is 5.72. The van der Waals surface area contributed by atoms with Gasteiger partial charge in [0.1, 0.15) is 0 Å². The first-order chi connectivity index (χ1) is 14.5. The zero-order valence-electron chi connectivity index (χ0n) is 17.4. The lowest BCUT2D eigenvalue weighted by Gasteiger charge is -2.20. The number of aromatic nitrogens is 1. The third kappa shape index (κ3) is 3.44. The Bertz CT molecular complexity index is 1100. The van der Waals surface area contributed by atoms with Gasteiger partial charge in [-0.3, -0.25) is 0 Å². The average molecular weight is 429 g/mol. The van der Waals surface area contributed by atoms with Crippen molar-refractivity contribution in [2.24, 2.45) is 7.05 Å². The maximum atomic E-state index is 12.6. The Labute approximate surface area is 180 Å². The highest BCUT2D eigenvalue weighted by molar-refractivity contribution is 6.36. The Morgan fingerprint density at radius 2 is 1.93 bits per heavy atom. The third-order valence-corrected chi connectivity index (χ3v) is 6.51. The summed E-state index contributed by atoms with van der Waals surface area (Å²) >= 11 is 6.43. The summed E-state index contributed by atoms with van der Waals surface area (Å²) in [6.45, 7) is 0.481. The first kappa shape index (κ1) is 20.7. The van der Waals surface area contributed by atoms with Gasteiger partial charge < -0.3 is 19.4 Å². The van der Waals surface area contributed by atoms with Gasteiger partial charge in [0.25, 0.3) is 0 Å². The van der Waals surface area contributed by atoms with Crippen LogP contribution in [-0.2, 0) is 27.9 Å². The van der Waals surface area contributed by atoms with Gasteiger partial charge in [-0.2, -0.15) is 0 Å². The number of carbonyl (C=O) groups is 2. The van der Waals surface area contributed by atoms with Crippen molar-refractivity contribution in [2.45, 2.75) is 38.3 Å². The van der Waals surface area contributed by atoms with E-state index in [1.165, 1.54) is 25.4 Å². The summed E-state index contributed by atoms with van der Waals surface area (Å²) in [5.41, 5.74) is 5.50. The van der Waals surface area contributed by atoms with Gasteiger partial charge in [-0.15, -0.1) is 0 Å². The Hall–Kier alpha value is -2.57. The maximum absolute atomic E-state index is 12.6. The van der Waals surface area contributed by atoms with Gasteiger partial charge in [0.05, 0.1) is 30.3 Å². The zero-order chi connectivity index (χ0) is 21.4. The topological polar surface area (TPSA) is 69.6 Å². The number of fused-ring (bicyclic) bond motifs is 1. The fraction of sp³-hybridized carbons (Fsp3) is 0.391. The first-order valence-electron chi connectivity index (χ1n) is 10.0. The van der Waals surface area contributed by atoms with E-state index in [9.17, 15) is 9.59 Å². The molecule has 1 unspecified atom stereocenters. The molecule has 0 bridgehead atoms. The van der Waals surface area contributed by atoms with Crippen molar-refractivity contribution in [3.63, 3.8) is 0 Å². The van der Waals surface area contributed by atoms with Crippen LogP contribution in [0.4, 0.5) is 0 Å². The number of allylic oxidation sites excluding steroid dienone is 1. The molecule has 4 rings (SSSR count). The van der Waals surface area contributed by atoms with Crippen LogP contribution in [-0.4, -0.2) is 36.8 Å². The Morgan fingerprint density at radius 3 is 2.67 bits per heavy atom. The molecule has 1 heterocycles. The largest absolute Gasteiger partial charge is 0.466 e. The van der Waals surface area contributed by atoms with E-state index in [-0.39, 0.29) is 12.0 Å².